The van der Waals surface area contributed by atoms with Gasteiger partial charge in [-0.1, -0.05) is 41.5 Å². The van der Waals surface area contributed by atoms with E-state index in [0.29, 0.717) is 0 Å². The summed E-state index contributed by atoms with van der Waals surface area (Å²) in [5.74, 6) is 0. The number of pyridine rings is 1. The van der Waals surface area contributed by atoms with Gasteiger partial charge in [-0.25, -0.2) is 0 Å². The Morgan fingerprint density at radius 3 is 1.56 bits per heavy atom. The molecule has 0 aliphatic heterocycles. The second-order valence-electron chi connectivity index (χ2n) is 7.32. The first-order valence-corrected chi connectivity index (χ1v) is 6.60. The van der Waals surface area contributed by atoms with Crippen molar-refractivity contribution in [1.29, 1.82) is 0 Å². The summed E-state index contributed by atoms with van der Waals surface area (Å²) in [7, 11) is 1.87. The Morgan fingerprint density at radius 1 is 0.833 bits per heavy atom. The van der Waals surface area contributed by atoms with E-state index in [2.05, 4.69) is 48.5 Å². The summed E-state index contributed by atoms with van der Waals surface area (Å²) < 4.78 is 1.78. The summed E-state index contributed by atoms with van der Waals surface area (Å²) in [4.78, 5) is 12.6. The summed E-state index contributed by atoms with van der Waals surface area (Å²) >= 11 is 0. The lowest BCUT2D eigenvalue weighted by atomic mass is 9.73. The van der Waals surface area contributed by atoms with Gasteiger partial charge in [-0.3, -0.25) is 4.79 Å². The molecule has 0 aromatic carbocycles. The lowest BCUT2D eigenvalue weighted by molar-refractivity contribution is 0.510. The molecule has 1 aromatic rings. The lowest BCUT2D eigenvalue weighted by Crippen LogP contribution is -2.36. The Labute approximate surface area is 111 Å². The highest BCUT2D eigenvalue weighted by atomic mass is 16.1. The molecule has 0 unspecified atom stereocenters. The van der Waals surface area contributed by atoms with Gasteiger partial charge in [-0.2, -0.15) is 0 Å². The van der Waals surface area contributed by atoms with E-state index in [1.54, 1.807) is 4.57 Å². The van der Waals surface area contributed by atoms with E-state index in [9.17, 15) is 4.79 Å². The Bertz CT molecular complexity index is 522. The molecule has 1 aromatic heterocycles. The zero-order chi connectivity index (χ0) is 14.5. The van der Waals surface area contributed by atoms with Crippen molar-refractivity contribution in [2.75, 3.05) is 0 Å². The van der Waals surface area contributed by atoms with Gasteiger partial charge in [-0.05, 0) is 35.8 Å². The molecule has 0 saturated heterocycles. The van der Waals surface area contributed by atoms with Crippen molar-refractivity contribution < 1.29 is 0 Å². The smallest absolute Gasteiger partial charge is 0.254 e. The Balaban J connectivity index is 3.96. The number of aromatic nitrogens is 1. The predicted molar refractivity (Wildman–Crippen MR) is 78.6 cm³/mol. The van der Waals surface area contributed by atoms with Crippen molar-refractivity contribution in [1.82, 2.24) is 4.57 Å². The van der Waals surface area contributed by atoms with Crippen molar-refractivity contribution in [3.63, 3.8) is 0 Å². The Morgan fingerprint density at radius 2 is 1.22 bits per heavy atom. The van der Waals surface area contributed by atoms with Gasteiger partial charge in [0, 0.05) is 18.3 Å². The fraction of sp³-hybridized carbons (Fsp3) is 0.688. The van der Waals surface area contributed by atoms with E-state index in [-0.39, 0.29) is 16.4 Å². The van der Waals surface area contributed by atoms with Crippen LogP contribution in [0.5, 0.6) is 0 Å². The van der Waals surface area contributed by atoms with Crippen LogP contribution in [-0.2, 0) is 17.9 Å². The van der Waals surface area contributed by atoms with E-state index >= 15 is 0 Å². The van der Waals surface area contributed by atoms with Gasteiger partial charge in [0.25, 0.3) is 5.56 Å². The molecule has 0 fully saturated rings. The Hall–Kier alpha value is -1.05. The maximum Gasteiger partial charge on any atom is 0.254 e. The van der Waals surface area contributed by atoms with Gasteiger partial charge in [0.05, 0.1) is 0 Å². The van der Waals surface area contributed by atoms with Gasteiger partial charge in [0.15, 0.2) is 0 Å². The quantitative estimate of drug-likeness (QED) is 0.688. The molecule has 18 heavy (non-hydrogen) atoms. The van der Waals surface area contributed by atoms with Crippen LogP contribution in [0.15, 0.2) is 4.79 Å². The molecule has 0 aliphatic carbocycles. The minimum absolute atomic E-state index is 0.00905. The third kappa shape index (κ3) is 2.38. The monoisotopic (exact) mass is 249 g/mol. The van der Waals surface area contributed by atoms with Gasteiger partial charge < -0.3 is 4.57 Å². The molecular formula is C16H27NO. The molecule has 2 heteroatoms. The molecule has 0 atom stereocenters. The fourth-order valence-electron chi connectivity index (χ4n) is 2.68. The predicted octanol–water partition coefficient (Wildman–Crippen LogP) is 3.60. The van der Waals surface area contributed by atoms with Crippen LogP contribution in [0.3, 0.4) is 0 Å². The molecule has 1 rings (SSSR count). The highest BCUT2D eigenvalue weighted by molar-refractivity contribution is 5.44. The number of nitrogens with zero attached hydrogens (tertiary/aromatic N) is 1. The number of hydrogen-bond donors (Lipinski definition) is 0. The minimum Gasteiger partial charge on any atom is -0.315 e. The Kier molecular flexibility index (Phi) is 3.55. The van der Waals surface area contributed by atoms with Crippen LogP contribution in [0.1, 0.15) is 63.9 Å². The van der Waals surface area contributed by atoms with Crippen LogP contribution in [0.4, 0.5) is 0 Å². The minimum atomic E-state index is -0.129. The third-order valence-electron chi connectivity index (χ3n) is 3.69. The average molecular weight is 249 g/mol. The average Bonchev–Trinajstić information content (AvgIpc) is 2.16. The zero-order valence-electron chi connectivity index (χ0n) is 13.4. The van der Waals surface area contributed by atoms with Crippen molar-refractivity contribution in [3.05, 3.63) is 32.7 Å². The summed E-state index contributed by atoms with van der Waals surface area (Å²) in [5.41, 5.74) is 4.50. The molecule has 102 valence electrons. The largest absolute Gasteiger partial charge is 0.315 e. The standard InChI is InChI=1S/C16H27NO/c1-10-11(2)17(9)14(18)13(16(6,7)8)12(10)15(3,4)5/h1-9H3. The molecule has 0 radical (unpaired) electrons. The normalized spacial score (nSPS) is 12.9. The maximum atomic E-state index is 12.6. The van der Waals surface area contributed by atoms with Crippen LogP contribution in [0.2, 0.25) is 0 Å². The van der Waals surface area contributed by atoms with Crippen LogP contribution in [-0.4, -0.2) is 4.57 Å². The van der Waals surface area contributed by atoms with E-state index in [1.165, 1.54) is 11.1 Å². The van der Waals surface area contributed by atoms with Crippen molar-refractivity contribution in [2.24, 2.45) is 7.05 Å². The highest BCUT2D eigenvalue weighted by Crippen LogP contribution is 2.34. The van der Waals surface area contributed by atoms with E-state index in [4.69, 9.17) is 0 Å². The lowest BCUT2D eigenvalue weighted by Gasteiger charge is -2.32. The first-order valence-electron chi connectivity index (χ1n) is 6.60. The molecule has 0 bridgehead atoms. The van der Waals surface area contributed by atoms with E-state index in [0.717, 1.165) is 11.3 Å². The van der Waals surface area contributed by atoms with Gasteiger partial charge in [0.2, 0.25) is 0 Å². The second-order valence-corrected chi connectivity index (χ2v) is 7.32. The number of hydrogen-bond acceptors (Lipinski definition) is 1. The topological polar surface area (TPSA) is 22.0 Å². The van der Waals surface area contributed by atoms with E-state index < -0.39 is 0 Å². The molecule has 0 amide bonds. The van der Waals surface area contributed by atoms with Crippen molar-refractivity contribution in [3.8, 4) is 0 Å². The van der Waals surface area contributed by atoms with Gasteiger partial charge in [0.1, 0.15) is 0 Å². The summed E-state index contributed by atoms with van der Waals surface area (Å²) in [5, 5.41) is 0. The number of rotatable bonds is 0. The van der Waals surface area contributed by atoms with E-state index in [1.807, 2.05) is 14.0 Å². The summed E-state index contributed by atoms with van der Waals surface area (Å²) in [6.07, 6.45) is 0. The fourth-order valence-corrected chi connectivity index (χ4v) is 2.68. The van der Waals surface area contributed by atoms with Crippen molar-refractivity contribution in [2.45, 2.75) is 66.2 Å². The molecule has 0 spiro atoms. The molecule has 0 N–H and O–H groups in total. The van der Waals surface area contributed by atoms with Crippen LogP contribution < -0.4 is 5.56 Å². The van der Waals surface area contributed by atoms with Crippen LogP contribution in [0.25, 0.3) is 0 Å². The summed E-state index contributed by atoms with van der Waals surface area (Å²) in [6, 6.07) is 0. The third-order valence-corrected chi connectivity index (χ3v) is 3.69. The summed E-state index contributed by atoms with van der Waals surface area (Å²) in [6.45, 7) is 17.1. The zero-order valence-corrected chi connectivity index (χ0v) is 13.4. The van der Waals surface area contributed by atoms with Crippen LogP contribution >= 0.6 is 0 Å². The van der Waals surface area contributed by atoms with Gasteiger partial charge in [-0.15, -0.1) is 0 Å². The first kappa shape index (κ1) is 15.0. The molecule has 0 saturated carbocycles. The highest BCUT2D eigenvalue weighted by Gasteiger charge is 2.31. The van der Waals surface area contributed by atoms with Crippen LogP contribution in [0, 0.1) is 13.8 Å². The molecule has 1 heterocycles. The molecular weight excluding hydrogens is 222 g/mol. The molecule has 0 aliphatic rings. The van der Waals surface area contributed by atoms with Gasteiger partial charge >= 0.3 is 0 Å². The second kappa shape index (κ2) is 4.25. The maximum absolute atomic E-state index is 12.6. The first-order chi connectivity index (χ1) is 7.89. The molecule has 2 nitrogen and oxygen atoms in total. The SMILES string of the molecule is Cc1c(C(C)(C)C)c(C(C)(C)C)c(=O)n(C)c1C. The van der Waals surface area contributed by atoms with Crippen molar-refractivity contribution >= 4 is 0 Å².